The highest BCUT2D eigenvalue weighted by Crippen LogP contribution is 2.17. The van der Waals surface area contributed by atoms with Gasteiger partial charge in [0.1, 0.15) is 12.4 Å². The van der Waals surface area contributed by atoms with Gasteiger partial charge in [-0.25, -0.2) is 13.2 Å². The first-order chi connectivity index (χ1) is 11.4. The molecule has 1 heterocycles. The average Bonchev–Trinajstić information content (AvgIpc) is 2.92. The molecule has 2 amide bonds. The molecule has 134 valence electrons. The van der Waals surface area contributed by atoms with Gasteiger partial charge in [0.05, 0.1) is 18.1 Å². The molecule has 1 aromatic rings. The normalized spacial score (nSPS) is 19.0. The van der Waals surface area contributed by atoms with Crippen LogP contribution in [0.5, 0.6) is 5.75 Å². The molecule has 0 radical (unpaired) electrons. The van der Waals surface area contributed by atoms with Crippen molar-refractivity contribution in [3.63, 3.8) is 0 Å². The molecule has 1 unspecified atom stereocenters. The monoisotopic (exact) mass is 354 g/mol. The van der Waals surface area contributed by atoms with Gasteiger partial charge in [-0.3, -0.25) is 0 Å². The van der Waals surface area contributed by atoms with E-state index in [4.69, 9.17) is 4.74 Å². The van der Waals surface area contributed by atoms with Gasteiger partial charge in [0, 0.05) is 12.6 Å². The van der Waals surface area contributed by atoms with Crippen molar-refractivity contribution < 1.29 is 17.9 Å². The number of carbonyl (C=O) groups is 1. The van der Waals surface area contributed by atoms with Crippen LogP contribution in [0.1, 0.15) is 25.8 Å². The molecule has 0 aromatic heterocycles. The third kappa shape index (κ3) is 5.12. The van der Waals surface area contributed by atoms with Gasteiger partial charge in [0.25, 0.3) is 0 Å². The second-order valence-corrected chi connectivity index (χ2v) is 8.15. The largest absolute Gasteiger partial charge is 0.492 e. The van der Waals surface area contributed by atoms with Crippen molar-refractivity contribution in [3.8, 4) is 5.75 Å². The van der Waals surface area contributed by atoms with E-state index >= 15 is 0 Å². The first-order valence-electron chi connectivity index (χ1n) is 8.41. The van der Waals surface area contributed by atoms with Crippen molar-refractivity contribution in [3.05, 3.63) is 29.8 Å². The number of nitrogens with zero attached hydrogens (tertiary/aromatic N) is 1. The van der Waals surface area contributed by atoms with Crippen LogP contribution in [-0.4, -0.2) is 56.6 Å². The van der Waals surface area contributed by atoms with Gasteiger partial charge in [-0.05, 0) is 37.5 Å². The standard InChI is InChI=1S/C17H26N2O4S/c1-3-14-6-5-7-16(12-14)23-10-9-18-17(20)19(4-2)15-8-11-24(21,22)13-15/h5-7,12,15H,3-4,8-11,13H2,1-2H3,(H,18,20). The number of ether oxygens (including phenoxy) is 1. The topological polar surface area (TPSA) is 75.7 Å². The minimum atomic E-state index is -3.00. The van der Waals surface area contributed by atoms with Crippen LogP contribution in [0.2, 0.25) is 0 Å². The molecule has 1 fully saturated rings. The van der Waals surface area contributed by atoms with Crippen molar-refractivity contribution in [2.75, 3.05) is 31.2 Å². The van der Waals surface area contributed by atoms with E-state index in [1.165, 1.54) is 5.56 Å². The Morgan fingerprint density at radius 2 is 2.17 bits per heavy atom. The molecule has 1 saturated heterocycles. The lowest BCUT2D eigenvalue weighted by Crippen LogP contribution is -2.47. The second-order valence-electron chi connectivity index (χ2n) is 5.92. The fourth-order valence-electron chi connectivity index (χ4n) is 2.87. The van der Waals surface area contributed by atoms with Gasteiger partial charge in [-0.1, -0.05) is 19.1 Å². The Hall–Kier alpha value is -1.76. The summed E-state index contributed by atoms with van der Waals surface area (Å²) in [6.45, 7) is 5.19. The number of hydrogen-bond donors (Lipinski definition) is 1. The lowest BCUT2D eigenvalue weighted by atomic mass is 10.2. The SMILES string of the molecule is CCc1cccc(OCCNC(=O)N(CC)C2CCS(=O)(=O)C2)c1. The Kier molecular flexibility index (Phi) is 6.48. The van der Waals surface area contributed by atoms with Crippen molar-refractivity contribution in [1.82, 2.24) is 10.2 Å². The quantitative estimate of drug-likeness (QED) is 0.758. The molecule has 0 bridgehead atoms. The Balaban J connectivity index is 1.77. The van der Waals surface area contributed by atoms with E-state index in [0.717, 1.165) is 12.2 Å². The number of aryl methyl sites for hydroxylation is 1. The summed E-state index contributed by atoms with van der Waals surface area (Å²) in [5.41, 5.74) is 1.20. The van der Waals surface area contributed by atoms with E-state index in [-0.39, 0.29) is 23.6 Å². The highest BCUT2D eigenvalue weighted by Gasteiger charge is 2.33. The van der Waals surface area contributed by atoms with Crippen LogP contribution in [-0.2, 0) is 16.3 Å². The van der Waals surface area contributed by atoms with Crippen LogP contribution in [0, 0.1) is 0 Å². The van der Waals surface area contributed by atoms with Crippen LogP contribution in [0.15, 0.2) is 24.3 Å². The smallest absolute Gasteiger partial charge is 0.317 e. The van der Waals surface area contributed by atoms with Crippen molar-refractivity contribution in [2.45, 2.75) is 32.7 Å². The summed E-state index contributed by atoms with van der Waals surface area (Å²) in [4.78, 5) is 13.8. The number of amides is 2. The average molecular weight is 354 g/mol. The van der Waals surface area contributed by atoms with Crippen molar-refractivity contribution >= 4 is 15.9 Å². The predicted octanol–water partition coefficient (Wildman–Crippen LogP) is 1.85. The summed E-state index contributed by atoms with van der Waals surface area (Å²) in [5, 5.41) is 2.80. The summed E-state index contributed by atoms with van der Waals surface area (Å²) in [6.07, 6.45) is 1.47. The first kappa shape index (κ1) is 18.6. The van der Waals surface area contributed by atoms with E-state index in [1.807, 2.05) is 31.2 Å². The number of sulfone groups is 1. The zero-order valence-electron chi connectivity index (χ0n) is 14.3. The molecule has 1 atom stereocenters. The van der Waals surface area contributed by atoms with E-state index in [1.54, 1.807) is 4.90 Å². The third-order valence-corrected chi connectivity index (χ3v) is 5.95. The minimum absolute atomic E-state index is 0.0641. The minimum Gasteiger partial charge on any atom is -0.492 e. The first-order valence-corrected chi connectivity index (χ1v) is 10.2. The summed E-state index contributed by atoms with van der Waals surface area (Å²) in [5.74, 6) is 1.02. The summed E-state index contributed by atoms with van der Waals surface area (Å²) < 4.78 is 28.8. The Bertz CT molecular complexity index is 660. The van der Waals surface area contributed by atoms with Gasteiger partial charge in [0.15, 0.2) is 9.84 Å². The van der Waals surface area contributed by atoms with E-state index < -0.39 is 9.84 Å². The molecular weight excluding hydrogens is 328 g/mol. The van der Waals surface area contributed by atoms with Crippen molar-refractivity contribution in [1.29, 1.82) is 0 Å². The van der Waals surface area contributed by atoms with Crippen LogP contribution in [0.4, 0.5) is 4.79 Å². The van der Waals surface area contributed by atoms with Gasteiger partial charge < -0.3 is 15.0 Å². The molecule has 7 heteroatoms. The number of nitrogens with one attached hydrogen (secondary N) is 1. The number of carbonyl (C=O) groups excluding carboxylic acids is 1. The Morgan fingerprint density at radius 3 is 2.79 bits per heavy atom. The summed E-state index contributed by atoms with van der Waals surface area (Å²) in [7, 11) is -3.00. The number of rotatable bonds is 7. The molecule has 0 saturated carbocycles. The van der Waals surface area contributed by atoms with Crippen LogP contribution in [0.3, 0.4) is 0 Å². The second kappa shape index (κ2) is 8.37. The highest BCUT2D eigenvalue weighted by molar-refractivity contribution is 7.91. The molecule has 1 N–H and O–H groups in total. The highest BCUT2D eigenvalue weighted by atomic mass is 32.2. The molecule has 2 rings (SSSR count). The number of hydrogen-bond acceptors (Lipinski definition) is 4. The lowest BCUT2D eigenvalue weighted by molar-refractivity contribution is 0.181. The molecule has 24 heavy (non-hydrogen) atoms. The summed E-state index contributed by atoms with van der Waals surface area (Å²) >= 11 is 0. The maximum Gasteiger partial charge on any atom is 0.317 e. The molecule has 1 aliphatic heterocycles. The van der Waals surface area contributed by atoms with Gasteiger partial charge in [-0.2, -0.15) is 0 Å². The van der Waals surface area contributed by atoms with Crippen LogP contribution >= 0.6 is 0 Å². The van der Waals surface area contributed by atoms with Gasteiger partial charge >= 0.3 is 6.03 Å². The summed E-state index contributed by atoms with van der Waals surface area (Å²) in [6, 6.07) is 7.43. The van der Waals surface area contributed by atoms with E-state index in [9.17, 15) is 13.2 Å². The molecular formula is C17H26N2O4S. The predicted molar refractivity (Wildman–Crippen MR) is 94.2 cm³/mol. The molecule has 1 aliphatic rings. The van der Waals surface area contributed by atoms with E-state index in [2.05, 4.69) is 12.2 Å². The number of benzene rings is 1. The number of urea groups is 1. The van der Waals surface area contributed by atoms with Crippen LogP contribution < -0.4 is 10.1 Å². The lowest BCUT2D eigenvalue weighted by Gasteiger charge is -2.27. The fraction of sp³-hybridized carbons (Fsp3) is 0.588. The fourth-order valence-corrected chi connectivity index (χ4v) is 4.60. The Labute approximate surface area is 144 Å². The molecule has 6 nitrogen and oxygen atoms in total. The molecule has 0 aliphatic carbocycles. The van der Waals surface area contributed by atoms with Crippen LogP contribution in [0.25, 0.3) is 0 Å². The zero-order chi connectivity index (χ0) is 17.6. The van der Waals surface area contributed by atoms with E-state index in [0.29, 0.717) is 26.1 Å². The maximum absolute atomic E-state index is 12.2. The molecule has 0 spiro atoms. The van der Waals surface area contributed by atoms with Gasteiger partial charge in [0.2, 0.25) is 0 Å². The van der Waals surface area contributed by atoms with Crippen molar-refractivity contribution in [2.24, 2.45) is 0 Å². The van der Waals surface area contributed by atoms with Gasteiger partial charge in [-0.15, -0.1) is 0 Å². The zero-order valence-corrected chi connectivity index (χ0v) is 15.1. The maximum atomic E-state index is 12.2. The third-order valence-electron chi connectivity index (χ3n) is 4.20. The Morgan fingerprint density at radius 1 is 1.38 bits per heavy atom. The molecule has 1 aromatic carbocycles.